The predicted octanol–water partition coefficient (Wildman–Crippen LogP) is 3.89. The highest BCUT2D eigenvalue weighted by molar-refractivity contribution is 7.15. The van der Waals surface area contributed by atoms with E-state index in [0.29, 0.717) is 12.1 Å². The third-order valence-electron chi connectivity index (χ3n) is 2.34. The summed E-state index contributed by atoms with van der Waals surface area (Å²) in [5.41, 5.74) is 5.42. The first-order valence-electron chi connectivity index (χ1n) is 4.97. The summed E-state index contributed by atoms with van der Waals surface area (Å²) in [5.74, 6) is 0. The Balaban J connectivity index is 2.39. The third kappa shape index (κ3) is 2.68. The zero-order valence-electron chi connectivity index (χ0n) is 8.79. The van der Waals surface area contributed by atoms with Crippen LogP contribution in [-0.2, 0) is 12.7 Å². The second-order valence-electron chi connectivity index (χ2n) is 3.55. The van der Waals surface area contributed by atoms with Gasteiger partial charge in [0.05, 0.1) is 5.56 Å². The number of alkyl halides is 3. The fourth-order valence-electron chi connectivity index (χ4n) is 1.49. The van der Waals surface area contributed by atoms with E-state index in [2.05, 4.69) is 0 Å². The van der Waals surface area contributed by atoms with Crippen molar-refractivity contribution in [3.05, 3.63) is 46.8 Å². The van der Waals surface area contributed by atoms with Crippen LogP contribution in [0, 0.1) is 0 Å². The molecule has 0 fully saturated rings. The van der Waals surface area contributed by atoms with Crippen LogP contribution in [0.5, 0.6) is 0 Å². The molecule has 0 radical (unpaired) electrons. The maximum absolute atomic E-state index is 12.5. The second kappa shape index (κ2) is 4.50. The second-order valence-corrected chi connectivity index (χ2v) is 4.72. The van der Waals surface area contributed by atoms with Gasteiger partial charge in [-0.1, -0.05) is 12.1 Å². The van der Waals surface area contributed by atoms with E-state index in [1.54, 1.807) is 12.1 Å². The summed E-state index contributed by atoms with van der Waals surface area (Å²) in [6, 6.07) is 8.94. The van der Waals surface area contributed by atoms with Gasteiger partial charge in [0.25, 0.3) is 0 Å². The van der Waals surface area contributed by atoms with E-state index in [1.807, 2.05) is 6.07 Å². The molecule has 1 heterocycles. The summed E-state index contributed by atoms with van der Waals surface area (Å²) in [6.07, 6.45) is -4.30. The minimum Gasteiger partial charge on any atom is -0.326 e. The maximum atomic E-state index is 12.5. The van der Waals surface area contributed by atoms with E-state index in [9.17, 15) is 13.2 Å². The summed E-state index contributed by atoms with van der Waals surface area (Å²) >= 11 is 1.41. The molecule has 0 bridgehead atoms. The Morgan fingerprint density at radius 1 is 1.12 bits per heavy atom. The molecule has 2 aromatic rings. The van der Waals surface area contributed by atoms with Crippen LogP contribution in [0.1, 0.15) is 10.4 Å². The summed E-state index contributed by atoms with van der Waals surface area (Å²) in [5, 5.41) is 0. The van der Waals surface area contributed by atoms with Crippen LogP contribution in [-0.4, -0.2) is 0 Å². The highest BCUT2D eigenvalue weighted by Gasteiger charge is 2.30. The largest absolute Gasteiger partial charge is 0.416 e. The smallest absolute Gasteiger partial charge is 0.326 e. The predicted molar refractivity (Wildman–Crippen MR) is 62.6 cm³/mol. The summed E-state index contributed by atoms with van der Waals surface area (Å²) in [7, 11) is 0. The zero-order chi connectivity index (χ0) is 12.5. The van der Waals surface area contributed by atoms with E-state index in [-0.39, 0.29) is 0 Å². The molecule has 0 atom stereocenters. The van der Waals surface area contributed by atoms with E-state index >= 15 is 0 Å². The molecule has 1 aromatic heterocycles. The Labute approximate surface area is 101 Å². The molecule has 0 saturated carbocycles. The van der Waals surface area contributed by atoms with Crippen LogP contribution < -0.4 is 5.73 Å². The molecule has 90 valence electrons. The first kappa shape index (κ1) is 12.1. The van der Waals surface area contributed by atoms with E-state index in [1.165, 1.54) is 17.4 Å². The number of hydrogen-bond acceptors (Lipinski definition) is 2. The van der Waals surface area contributed by atoms with Gasteiger partial charge in [0, 0.05) is 16.3 Å². The van der Waals surface area contributed by atoms with Crippen molar-refractivity contribution in [2.45, 2.75) is 12.7 Å². The Morgan fingerprint density at radius 2 is 1.88 bits per heavy atom. The van der Waals surface area contributed by atoms with Crippen molar-refractivity contribution in [2.75, 3.05) is 0 Å². The summed E-state index contributed by atoms with van der Waals surface area (Å²) in [4.78, 5) is 1.76. The molecular formula is C12H10F3NS. The van der Waals surface area contributed by atoms with Gasteiger partial charge in [-0.2, -0.15) is 13.2 Å². The van der Waals surface area contributed by atoms with Crippen molar-refractivity contribution in [2.24, 2.45) is 5.73 Å². The molecule has 0 aliphatic heterocycles. The zero-order valence-corrected chi connectivity index (χ0v) is 9.61. The van der Waals surface area contributed by atoms with Gasteiger partial charge >= 0.3 is 6.18 Å². The van der Waals surface area contributed by atoms with Crippen molar-refractivity contribution in [1.82, 2.24) is 0 Å². The van der Waals surface area contributed by atoms with Gasteiger partial charge in [-0.3, -0.25) is 0 Å². The number of hydrogen-bond donors (Lipinski definition) is 1. The molecular weight excluding hydrogens is 247 g/mol. The molecule has 0 amide bonds. The summed E-state index contributed by atoms with van der Waals surface area (Å²) < 4.78 is 37.6. The van der Waals surface area contributed by atoms with Crippen molar-refractivity contribution in [3.8, 4) is 10.4 Å². The number of halogens is 3. The Bertz CT molecular complexity index is 516. The van der Waals surface area contributed by atoms with Gasteiger partial charge in [-0.15, -0.1) is 11.3 Å². The van der Waals surface area contributed by atoms with Crippen LogP contribution in [0.15, 0.2) is 36.4 Å². The van der Waals surface area contributed by atoms with Gasteiger partial charge in [0.1, 0.15) is 0 Å². The highest BCUT2D eigenvalue weighted by atomic mass is 32.1. The molecule has 1 nitrogen and oxygen atoms in total. The van der Waals surface area contributed by atoms with E-state index < -0.39 is 11.7 Å². The number of nitrogens with two attached hydrogens (primary N) is 1. The van der Waals surface area contributed by atoms with E-state index in [0.717, 1.165) is 21.9 Å². The molecule has 0 saturated heterocycles. The monoisotopic (exact) mass is 257 g/mol. The lowest BCUT2D eigenvalue weighted by molar-refractivity contribution is -0.137. The fraction of sp³-hybridized carbons (Fsp3) is 0.167. The number of benzene rings is 1. The molecule has 17 heavy (non-hydrogen) atoms. The molecule has 0 spiro atoms. The first-order valence-corrected chi connectivity index (χ1v) is 5.79. The third-order valence-corrected chi connectivity index (χ3v) is 3.49. The molecule has 1 aromatic carbocycles. The van der Waals surface area contributed by atoms with Crippen LogP contribution in [0.4, 0.5) is 13.2 Å². The van der Waals surface area contributed by atoms with Crippen molar-refractivity contribution in [1.29, 1.82) is 0 Å². The fourth-order valence-corrected chi connectivity index (χ4v) is 2.37. The van der Waals surface area contributed by atoms with Crippen LogP contribution >= 0.6 is 11.3 Å². The minimum atomic E-state index is -4.30. The van der Waals surface area contributed by atoms with Crippen molar-refractivity contribution >= 4 is 11.3 Å². The number of thiophene rings is 1. The van der Waals surface area contributed by atoms with Gasteiger partial charge in [-0.05, 0) is 29.8 Å². The SMILES string of the molecule is NCc1ccc(-c2cccc(C(F)(F)F)c2)s1. The molecule has 0 unspecified atom stereocenters. The Morgan fingerprint density at radius 3 is 2.47 bits per heavy atom. The average molecular weight is 257 g/mol. The summed E-state index contributed by atoms with van der Waals surface area (Å²) in [6.45, 7) is 0.406. The van der Waals surface area contributed by atoms with Gasteiger partial charge in [-0.25, -0.2) is 0 Å². The van der Waals surface area contributed by atoms with E-state index in [4.69, 9.17) is 5.73 Å². The molecule has 5 heteroatoms. The van der Waals surface area contributed by atoms with Gasteiger partial charge < -0.3 is 5.73 Å². The lowest BCUT2D eigenvalue weighted by Gasteiger charge is -2.07. The van der Waals surface area contributed by atoms with Crippen LogP contribution in [0.3, 0.4) is 0 Å². The Kier molecular flexibility index (Phi) is 3.22. The molecule has 2 rings (SSSR count). The van der Waals surface area contributed by atoms with Crippen molar-refractivity contribution < 1.29 is 13.2 Å². The molecule has 0 aliphatic carbocycles. The lowest BCUT2D eigenvalue weighted by Crippen LogP contribution is -2.04. The quantitative estimate of drug-likeness (QED) is 0.867. The maximum Gasteiger partial charge on any atom is 0.416 e. The normalized spacial score (nSPS) is 11.8. The van der Waals surface area contributed by atoms with Crippen LogP contribution in [0.2, 0.25) is 0 Å². The highest BCUT2D eigenvalue weighted by Crippen LogP contribution is 2.34. The topological polar surface area (TPSA) is 26.0 Å². The van der Waals surface area contributed by atoms with Crippen molar-refractivity contribution in [3.63, 3.8) is 0 Å². The van der Waals surface area contributed by atoms with Crippen LogP contribution in [0.25, 0.3) is 10.4 Å². The lowest BCUT2D eigenvalue weighted by atomic mass is 10.1. The molecule has 0 aliphatic rings. The van der Waals surface area contributed by atoms with Gasteiger partial charge in [0.15, 0.2) is 0 Å². The average Bonchev–Trinajstić information content (AvgIpc) is 2.76. The number of rotatable bonds is 2. The first-order chi connectivity index (χ1) is 8.00. The molecule has 2 N–H and O–H groups in total. The minimum absolute atomic E-state index is 0.406. The van der Waals surface area contributed by atoms with Gasteiger partial charge in [0.2, 0.25) is 0 Å². The Hall–Kier alpha value is -1.33. The standard InChI is InChI=1S/C12H10F3NS/c13-12(14,15)9-3-1-2-8(6-9)11-5-4-10(7-16)17-11/h1-6H,7,16H2.